The Bertz CT molecular complexity index is 428. The second kappa shape index (κ2) is 6.21. The first kappa shape index (κ1) is 14.1. The molecular formula is C14H22N2O3. The average molecular weight is 266 g/mol. The predicted molar refractivity (Wildman–Crippen MR) is 71.3 cm³/mol. The number of carbonyl (C=O) groups is 1. The average Bonchev–Trinajstić information content (AvgIpc) is 2.97. The van der Waals surface area contributed by atoms with Crippen LogP contribution < -0.4 is 5.32 Å². The van der Waals surface area contributed by atoms with Crippen LogP contribution in [0.2, 0.25) is 0 Å². The van der Waals surface area contributed by atoms with Crippen molar-refractivity contribution in [3.8, 4) is 0 Å². The van der Waals surface area contributed by atoms with Gasteiger partial charge in [0, 0.05) is 25.0 Å². The third-order valence-corrected chi connectivity index (χ3v) is 3.50. The molecule has 0 spiro atoms. The van der Waals surface area contributed by atoms with Crippen LogP contribution in [0.5, 0.6) is 0 Å². The van der Waals surface area contributed by atoms with Crippen molar-refractivity contribution in [3.05, 3.63) is 23.7 Å². The van der Waals surface area contributed by atoms with E-state index in [2.05, 4.69) is 24.1 Å². The molecule has 2 rings (SSSR count). The van der Waals surface area contributed by atoms with Gasteiger partial charge in [0.2, 0.25) is 5.91 Å². The van der Waals surface area contributed by atoms with Crippen LogP contribution in [-0.2, 0) is 17.9 Å². The van der Waals surface area contributed by atoms with Gasteiger partial charge >= 0.3 is 0 Å². The number of nitrogens with zero attached hydrogens (tertiary/aromatic N) is 1. The maximum atomic E-state index is 11.2. The maximum Gasteiger partial charge on any atom is 0.220 e. The van der Waals surface area contributed by atoms with Crippen molar-refractivity contribution in [2.45, 2.75) is 51.9 Å². The standard InChI is InChI=1S/C14H22N2O3/c1-10(2)16(7-11-3-6-14(18)15-11)8-12-4-5-13(9-17)19-12/h4-5,10-11,17H,3,6-9H2,1-2H3,(H,15,18). The highest BCUT2D eigenvalue weighted by molar-refractivity contribution is 5.78. The molecule has 0 aromatic carbocycles. The second-order valence-corrected chi connectivity index (χ2v) is 5.35. The van der Waals surface area contributed by atoms with E-state index >= 15 is 0 Å². The Balaban J connectivity index is 1.94. The maximum absolute atomic E-state index is 11.2. The van der Waals surface area contributed by atoms with Crippen molar-refractivity contribution in [2.24, 2.45) is 0 Å². The van der Waals surface area contributed by atoms with Crippen LogP contribution in [0.25, 0.3) is 0 Å². The minimum Gasteiger partial charge on any atom is -0.462 e. The summed E-state index contributed by atoms with van der Waals surface area (Å²) in [6.45, 7) is 5.72. The molecule has 1 aliphatic heterocycles. The van der Waals surface area contributed by atoms with Crippen molar-refractivity contribution in [1.29, 1.82) is 0 Å². The lowest BCUT2D eigenvalue weighted by atomic mass is 10.2. The molecule has 1 saturated heterocycles. The summed E-state index contributed by atoms with van der Waals surface area (Å²) in [5.74, 6) is 1.59. The highest BCUT2D eigenvalue weighted by Gasteiger charge is 2.24. The van der Waals surface area contributed by atoms with Gasteiger partial charge in [-0.05, 0) is 32.4 Å². The molecule has 0 aliphatic carbocycles. The summed E-state index contributed by atoms with van der Waals surface area (Å²) in [5.41, 5.74) is 0. The zero-order valence-electron chi connectivity index (χ0n) is 11.6. The summed E-state index contributed by atoms with van der Waals surface area (Å²) in [7, 11) is 0. The SMILES string of the molecule is CC(C)N(Cc1ccc(CO)o1)CC1CCC(=O)N1. The molecule has 5 nitrogen and oxygen atoms in total. The number of carbonyl (C=O) groups excluding carboxylic acids is 1. The van der Waals surface area contributed by atoms with Crippen LogP contribution in [0, 0.1) is 0 Å². The van der Waals surface area contributed by atoms with E-state index < -0.39 is 0 Å². The Kier molecular flexibility index (Phi) is 4.61. The molecule has 1 amide bonds. The third-order valence-electron chi connectivity index (χ3n) is 3.50. The summed E-state index contributed by atoms with van der Waals surface area (Å²) in [5, 5.41) is 12.0. The van der Waals surface area contributed by atoms with Gasteiger partial charge in [0.15, 0.2) is 0 Å². The number of aliphatic hydroxyl groups excluding tert-OH is 1. The largest absolute Gasteiger partial charge is 0.462 e. The lowest BCUT2D eigenvalue weighted by Gasteiger charge is -2.28. The van der Waals surface area contributed by atoms with Crippen LogP contribution in [0.15, 0.2) is 16.5 Å². The molecule has 1 atom stereocenters. The van der Waals surface area contributed by atoms with E-state index in [0.717, 1.165) is 18.7 Å². The van der Waals surface area contributed by atoms with Gasteiger partial charge in [-0.25, -0.2) is 0 Å². The molecule has 5 heteroatoms. The minimum atomic E-state index is -0.0691. The fourth-order valence-corrected chi connectivity index (χ4v) is 2.35. The number of furan rings is 1. The molecule has 2 N–H and O–H groups in total. The zero-order valence-corrected chi connectivity index (χ0v) is 11.6. The molecule has 2 heterocycles. The van der Waals surface area contributed by atoms with E-state index in [1.54, 1.807) is 6.07 Å². The summed E-state index contributed by atoms with van der Waals surface area (Å²) in [6.07, 6.45) is 1.54. The summed E-state index contributed by atoms with van der Waals surface area (Å²) in [4.78, 5) is 13.5. The molecule has 0 bridgehead atoms. The molecule has 106 valence electrons. The molecule has 1 fully saturated rings. The van der Waals surface area contributed by atoms with Gasteiger partial charge < -0.3 is 14.8 Å². The van der Waals surface area contributed by atoms with Gasteiger partial charge in [-0.2, -0.15) is 0 Å². The minimum absolute atomic E-state index is 0.0691. The van der Waals surface area contributed by atoms with E-state index in [1.807, 2.05) is 6.07 Å². The lowest BCUT2D eigenvalue weighted by molar-refractivity contribution is -0.119. The van der Waals surface area contributed by atoms with E-state index in [1.165, 1.54) is 0 Å². The Morgan fingerprint density at radius 3 is 2.74 bits per heavy atom. The molecular weight excluding hydrogens is 244 g/mol. The van der Waals surface area contributed by atoms with E-state index in [0.29, 0.717) is 24.8 Å². The summed E-state index contributed by atoms with van der Waals surface area (Å²) in [6, 6.07) is 4.31. The number of nitrogens with one attached hydrogen (secondary N) is 1. The highest BCUT2D eigenvalue weighted by Crippen LogP contribution is 2.15. The number of amides is 1. The van der Waals surface area contributed by atoms with Gasteiger partial charge in [-0.1, -0.05) is 0 Å². The third kappa shape index (κ3) is 3.81. The second-order valence-electron chi connectivity index (χ2n) is 5.35. The first-order valence-corrected chi connectivity index (χ1v) is 6.80. The number of rotatable bonds is 6. The van der Waals surface area contributed by atoms with Gasteiger partial charge in [-0.15, -0.1) is 0 Å². The van der Waals surface area contributed by atoms with Gasteiger partial charge in [0.25, 0.3) is 0 Å². The topological polar surface area (TPSA) is 65.7 Å². The molecule has 1 unspecified atom stereocenters. The van der Waals surface area contributed by atoms with Crippen molar-refractivity contribution >= 4 is 5.91 Å². The Morgan fingerprint density at radius 2 is 2.21 bits per heavy atom. The van der Waals surface area contributed by atoms with Crippen LogP contribution in [0.4, 0.5) is 0 Å². The van der Waals surface area contributed by atoms with Crippen LogP contribution in [-0.4, -0.2) is 34.5 Å². The van der Waals surface area contributed by atoms with Gasteiger partial charge in [0.1, 0.15) is 18.1 Å². The number of hydrogen-bond donors (Lipinski definition) is 2. The normalized spacial score (nSPS) is 19.4. The van der Waals surface area contributed by atoms with Gasteiger partial charge in [-0.3, -0.25) is 9.69 Å². The Morgan fingerprint density at radius 1 is 1.47 bits per heavy atom. The van der Waals surface area contributed by atoms with E-state index in [4.69, 9.17) is 9.52 Å². The smallest absolute Gasteiger partial charge is 0.220 e. The summed E-state index contributed by atoms with van der Waals surface area (Å²) < 4.78 is 5.52. The zero-order chi connectivity index (χ0) is 13.8. The molecule has 1 aromatic heterocycles. The van der Waals surface area contributed by atoms with Crippen molar-refractivity contribution in [3.63, 3.8) is 0 Å². The Labute approximate surface area is 113 Å². The number of aliphatic hydroxyl groups is 1. The van der Waals surface area contributed by atoms with Crippen LogP contribution >= 0.6 is 0 Å². The molecule has 1 aromatic rings. The fourth-order valence-electron chi connectivity index (χ4n) is 2.35. The highest BCUT2D eigenvalue weighted by atomic mass is 16.4. The van der Waals surface area contributed by atoms with Gasteiger partial charge in [0.05, 0.1) is 6.54 Å². The quantitative estimate of drug-likeness (QED) is 0.813. The first-order valence-electron chi connectivity index (χ1n) is 6.80. The monoisotopic (exact) mass is 266 g/mol. The van der Waals surface area contributed by atoms with E-state index in [-0.39, 0.29) is 18.6 Å². The van der Waals surface area contributed by atoms with Crippen molar-refractivity contribution in [1.82, 2.24) is 10.2 Å². The predicted octanol–water partition coefficient (Wildman–Crippen LogP) is 1.26. The van der Waals surface area contributed by atoms with Crippen molar-refractivity contribution in [2.75, 3.05) is 6.54 Å². The van der Waals surface area contributed by atoms with Crippen LogP contribution in [0.3, 0.4) is 0 Å². The molecule has 0 saturated carbocycles. The van der Waals surface area contributed by atoms with E-state index in [9.17, 15) is 4.79 Å². The molecule has 0 radical (unpaired) electrons. The van der Waals surface area contributed by atoms with Crippen LogP contribution in [0.1, 0.15) is 38.2 Å². The Hall–Kier alpha value is -1.33. The lowest BCUT2D eigenvalue weighted by Crippen LogP contribution is -2.41. The number of hydrogen-bond acceptors (Lipinski definition) is 4. The summed E-state index contributed by atoms with van der Waals surface area (Å²) >= 11 is 0. The molecule has 19 heavy (non-hydrogen) atoms. The fraction of sp³-hybridized carbons (Fsp3) is 0.643. The molecule has 1 aliphatic rings. The van der Waals surface area contributed by atoms with Crippen molar-refractivity contribution < 1.29 is 14.3 Å². The first-order chi connectivity index (χ1) is 9.08.